The molecule has 1 aliphatic carbocycles. The van der Waals surface area contributed by atoms with E-state index >= 15 is 0 Å². The van der Waals surface area contributed by atoms with Gasteiger partial charge in [-0.1, -0.05) is 0 Å². The number of likely N-dealkylation sites (tertiary alicyclic amines) is 1. The molecule has 3 aromatic heterocycles. The molecule has 1 unspecified atom stereocenters. The highest BCUT2D eigenvalue weighted by molar-refractivity contribution is 5.96. The zero-order valence-electron chi connectivity index (χ0n) is 16.9. The van der Waals surface area contributed by atoms with Gasteiger partial charge in [0.1, 0.15) is 5.69 Å². The maximum absolute atomic E-state index is 12.7. The highest BCUT2D eigenvalue weighted by Gasteiger charge is 2.54. The lowest BCUT2D eigenvalue weighted by Crippen LogP contribution is -2.40. The first kappa shape index (κ1) is 18.8. The van der Waals surface area contributed by atoms with Gasteiger partial charge in [-0.25, -0.2) is 0 Å². The van der Waals surface area contributed by atoms with Gasteiger partial charge in [-0.2, -0.15) is 0 Å². The average Bonchev–Trinajstić information content (AvgIpc) is 3.24. The summed E-state index contributed by atoms with van der Waals surface area (Å²) < 4.78 is 5.59. The summed E-state index contributed by atoms with van der Waals surface area (Å²) in [7, 11) is 0. The average molecular weight is 404 g/mol. The van der Waals surface area contributed by atoms with Gasteiger partial charge in [-0.05, 0) is 67.3 Å². The largest absolute Gasteiger partial charge is 0.449 e. The molecule has 2 aliphatic rings. The van der Waals surface area contributed by atoms with Gasteiger partial charge in [-0.3, -0.25) is 19.6 Å². The molecule has 3 aromatic rings. The van der Waals surface area contributed by atoms with Crippen LogP contribution in [0, 0.1) is 18.3 Å². The summed E-state index contributed by atoms with van der Waals surface area (Å²) in [5, 5.41) is 3.89. The number of aromatic nitrogens is 2. The summed E-state index contributed by atoms with van der Waals surface area (Å²) in [6.45, 7) is 4.10. The number of piperidine rings is 1. The number of hydrogen-bond donors (Lipinski definition) is 1. The van der Waals surface area contributed by atoms with Gasteiger partial charge in [-0.15, -0.1) is 0 Å². The number of hydrogen-bond acceptors (Lipinski definition) is 5. The summed E-state index contributed by atoms with van der Waals surface area (Å²) in [5.41, 5.74) is 2.43. The second-order valence-electron chi connectivity index (χ2n) is 8.51. The fourth-order valence-electron chi connectivity index (χ4n) is 4.60. The van der Waals surface area contributed by atoms with Gasteiger partial charge in [0.05, 0.1) is 6.20 Å². The topological polar surface area (TPSA) is 88.3 Å². The fraction of sp³-hybridized carbons (Fsp3) is 0.391. The van der Waals surface area contributed by atoms with Crippen LogP contribution < -0.4 is 5.32 Å². The van der Waals surface area contributed by atoms with Crippen LogP contribution in [0.15, 0.2) is 47.3 Å². The number of aryl methyl sites for hydroxylation is 1. The van der Waals surface area contributed by atoms with Crippen molar-refractivity contribution in [2.45, 2.75) is 26.2 Å². The number of carbonyl (C=O) groups excluding carboxylic acids is 2. The Kier molecular flexibility index (Phi) is 4.53. The lowest BCUT2D eigenvalue weighted by molar-refractivity contribution is 0.0662. The van der Waals surface area contributed by atoms with Gasteiger partial charge in [0.25, 0.3) is 11.8 Å². The van der Waals surface area contributed by atoms with Crippen molar-refractivity contribution in [3.8, 4) is 0 Å². The van der Waals surface area contributed by atoms with E-state index in [0.29, 0.717) is 29.5 Å². The number of rotatable bonds is 4. The Morgan fingerprint density at radius 1 is 1.23 bits per heavy atom. The van der Waals surface area contributed by atoms with Crippen molar-refractivity contribution in [2.75, 3.05) is 19.6 Å². The summed E-state index contributed by atoms with van der Waals surface area (Å²) in [4.78, 5) is 35.3. The summed E-state index contributed by atoms with van der Waals surface area (Å²) in [5.74, 6) is 0.602. The Morgan fingerprint density at radius 2 is 2.07 bits per heavy atom. The Labute approximate surface area is 174 Å². The second-order valence-corrected chi connectivity index (χ2v) is 8.51. The third kappa shape index (κ3) is 3.44. The van der Waals surface area contributed by atoms with Crippen LogP contribution >= 0.6 is 0 Å². The second kappa shape index (κ2) is 7.23. The molecule has 1 saturated heterocycles. The van der Waals surface area contributed by atoms with E-state index in [1.807, 2.05) is 30.0 Å². The zero-order valence-corrected chi connectivity index (χ0v) is 16.9. The SMILES string of the molecule is Cc1ccnc(C(=O)N2CCC3(CC2)CC3CNC(=O)c2cc3ccncc3o2)c1. The van der Waals surface area contributed by atoms with Crippen LogP contribution in [-0.2, 0) is 0 Å². The van der Waals surface area contributed by atoms with Gasteiger partial charge in [0.2, 0.25) is 0 Å². The molecular formula is C23H24N4O3. The summed E-state index contributed by atoms with van der Waals surface area (Å²) >= 11 is 0. The molecular weight excluding hydrogens is 380 g/mol. The normalized spacial score (nSPS) is 19.8. The first-order valence-corrected chi connectivity index (χ1v) is 10.4. The lowest BCUT2D eigenvalue weighted by Gasteiger charge is -2.33. The molecule has 5 rings (SSSR count). The van der Waals surface area contributed by atoms with Crippen molar-refractivity contribution in [1.82, 2.24) is 20.2 Å². The van der Waals surface area contributed by atoms with Crippen molar-refractivity contribution < 1.29 is 14.0 Å². The molecule has 0 bridgehead atoms. The molecule has 7 nitrogen and oxygen atoms in total. The van der Waals surface area contributed by atoms with E-state index in [1.54, 1.807) is 24.7 Å². The van der Waals surface area contributed by atoms with Crippen LogP contribution in [0.3, 0.4) is 0 Å². The number of nitrogens with one attached hydrogen (secondary N) is 1. The summed E-state index contributed by atoms with van der Waals surface area (Å²) in [6.07, 6.45) is 8.03. The van der Waals surface area contributed by atoms with E-state index in [1.165, 1.54) is 0 Å². The maximum atomic E-state index is 12.7. The highest BCUT2D eigenvalue weighted by Crippen LogP contribution is 2.59. The van der Waals surface area contributed by atoms with E-state index in [-0.39, 0.29) is 17.2 Å². The first-order valence-electron chi connectivity index (χ1n) is 10.4. The van der Waals surface area contributed by atoms with Crippen molar-refractivity contribution in [3.63, 3.8) is 0 Å². The van der Waals surface area contributed by atoms with Crippen molar-refractivity contribution in [1.29, 1.82) is 0 Å². The zero-order chi connectivity index (χ0) is 20.7. The van der Waals surface area contributed by atoms with Crippen LogP contribution in [0.2, 0.25) is 0 Å². The molecule has 1 spiro atoms. The van der Waals surface area contributed by atoms with Crippen LogP contribution in [0.1, 0.15) is 45.9 Å². The Balaban J connectivity index is 1.14. The number of fused-ring (bicyclic) bond motifs is 1. The molecule has 2 fully saturated rings. The molecule has 1 atom stereocenters. The molecule has 7 heteroatoms. The highest BCUT2D eigenvalue weighted by atomic mass is 16.3. The standard InChI is InChI=1S/C23H24N4O3/c1-15-2-7-25-18(10-15)22(29)27-8-4-23(5-9-27)12-17(23)13-26-21(28)19-11-16-3-6-24-14-20(16)30-19/h2-3,6-7,10-11,14,17H,4-5,8-9,12-13H2,1H3,(H,26,28). The Hall–Kier alpha value is -3.22. The van der Waals surface area contributed by atoms with Gasteiger partial charge >= 0.3 is 0 Å². The van der Waals surface area contributed by atoms with Gasteiger partial charge < -0.3 is 14.6 Å². The lowest BCUT2D eigenvalue weighted by atomic mass is 9.90. The molecule has 4 heterocycles. The minimum atomic E-state index is -0.189. The fourth-order valence-corrected chi connectivity index (χ4v) is 4.60. The third-order valence-electron chi connectivity index (χ3n) is 6.60. The Bertz CT molecular complexity index is 1080. The van der Waals surface area contributed by atoms with Crippen LogP contribution in [-0.4, -0.2) is 46.3 Å². The number of furan rings is 1. The molecule has 1 saturated carbocycles. The molecule has 1 N–H and O–H groups in total. The van der Waals surface area contributed by atoms with Crippen LogP contribution in [0.4, 0.5) is 0 Å². The minimum absolute atomic E-state index is 0.0124. The number of nitrogens with zero attached hydrogens (tertiary/aromatic N) is 3. The summed E-state index contributed by atoms with van der Waals surface area (Å²) in [6, 6.07) is 7.31. The van der Waals surface area contributed by atoms with E-state index in [0.717, 1.165) is 43.3 Å². The molecule has 30 heavy (non-hydrogen) atoms. The molecule has 2 amide bonds. The molecule has 1 aliphatic heterocycles. The van der Waals surface area contributed by atoms with Gasteiger partial charge in [0.15, 0.2) is 11.3 Å². The predicted octanol–water partition coefficient (Wildman–Crippen LogP) is 3.20. The van der Waals surface area contributed by atoms with E-state index < -0.39 is 0 Å². The quantitative estimate of drug-likeness (QED) is 0.721. The van der Waals surface area contributed by atoms with E-state index in [4.69, 9.17) is 4.42 Å². The van der Waals surface area contributed by atoms with E-state index in [2.05, 4.69) is 15.3 Å². The van der Waals surface area contributed by atoms with Crippen molar-refractivity contribution in [2.24, 2.45) is 11.3 Å². The minimum Gasteiger partial charge on any atom is -0.449 e. The van der Waals surface area contributed by atoms with Crippen LogP contribution in [0.25, 0.3) is 11.0 Å². The van der Waals surface area contributed by atoms with Crippen molar-refractivity contribution >= 4 is 22.8 Å². The number of pyridine rings is 2. The number of amides is 2. The Morgan fingerprint density at radius 3 is 2.83 bits per heavy atom. The van der Waals surface area contributed by atoms with Gasteiger partial charge in [0, 0.05) is 37.4 Å². The third-order valence-corrected chi connectivity index (χ3v) is 6.60. The predicted molar refractivity (Wildman–Crippen MR) is 111 cm³/mol. The molecule has 154 valence electrons. The van der Waals surface area contributed by atoms with Crippen LogP contribution in [0.5, 0.6) is 0 Å². The maximum Gasteiger partial charge on any atom is 0.287 e. The molecule has 0 aromatic carbocycles. The number of carbonyl (C=O) groups is 2. The monoisotopic (exact) mass is 404 g/mol. The first-order chi connectivity index (χ1) is 14.5. The van der Waals surface area contributed by atoms with Crippen molar-refractivity contribution in [3.05, 3.63) is 59.9 Å². The molecule has 0 radical (unpaired) electrons. The smallest absolute Gasteiger partial charge is 0.287 e. The van der Waals surface area contributed by atoms with E-state index in [9.17, 15) is 9.59 Å².